The van der Waals surface area contributed by atoms with Crippen LogP contribution in [0.15, 0.2) is 52.3 Å². The standard InChI is InChI=1S/C17H12F6O3S/c1-9(15(24)25)26-12-2-4-13(5-3-12)27-14-7-10(16(18,19)20)6-11(8-14)17(21,22)23/h2-9H,1H3,(H,24,25)/t9-/m1/s1. The molecule has 0 radical (unpaired) electrons. The van der Waals surface area contributed by atoms with Crippen LogP contribution in [0.2, 0.25) is 0 Å². The molecular weight excluding hydrogens is 398 g/mol. The molecule has 0 amide bonds. The molecule has 0 heterocycles. The molecule has 0 fully saturated rings. The molecule has 2 aromatic carbocycles. The van der Waals surface area contributed by atoms with E-state index in [1.54, 1.807) is 0 Å². The summed E-state index contributed by atoms with van der Waals surface area (Å²) in [5, 5.41) is 8.76. The lowest BCUT2D eigenvalue weighted by Crippen LogP contribution is -2.22. The van der Waals surface area contributed by atoms with Crippen LogP contribution in [0.3, 0.4) is 0 Å². The van der Waals surface area contributed by atoms with Gasteiger partial charge in [0.2, 0.25) is 0 Å². The number of aliphatic carboxylic acids is 1. The Morgan fingerprint density at radius 1 is 0.926 bits per heavy atom. The van der Waals surface area contributed by atoms with Crippen molar-refractivity contribution in [1.82, 2.24) is 0 Å². The first-order chi connectivity index (χ1) is 12.4. The average Bonchev–Trinajstić information content (AvgIpc) is 2.54. The van der Waals surface area contributed by atoms with Crippen LogP contribution in [0.4, 0.5) is 26.3 Å². The van der Waals surface area contributed by atoms with Gasteiger partial charge in [-0.25, -0.2) is 4.79 Å². The maximum Gasteiger partial charge on any atom is 0.416 e. The fourth-order valence-electron chi connectivity index (χ4n) is 1.96. The van der Waals surface area contributed by atoms with Gasteiger partial charge in [0, 0.05) is 9.79 Å². The quantitative estimate of drug-likeness (QED) is 0.640. The molecule has 0 unspecified atom stereocenters. The van der Waals surface area contributed by atoms with Crippen LogP contribution < -0.4 is 4.74 Å². The Balaban J connectivity index is 2.27. The zero-order valence-corrected chi connectivity index (χ0v) is 14.4. The molecule has 10 heteroatoms. The molecule has 0 aliphatic rings. The highest BCUT2D eigenvalue weighted by Crippen LogP contribution is 2.40. The number of halogens is 6. The minimum Gasteiger partial charge on any atom is -0.479 e. The molecule has 2 rings (SSSR count). The Morgan fingerprint density at radius 3 is 1.81 bits per heavy atom. The lowest BCUT2D eigenvalue weighted by molar-refractivity contribution is -0.145. The summed E-state index contributed by atoms with van der Waals surface area (Å²) in [6.07, 6.45) is -10.9. The molecule has 0 aromatic heterocycles. The van der Waals surface area contributed by atoms with E-state index >= 15 is 0 Å². The summed E-state index contributed by atoms with van der Waals surface area (Å²) in [6, 6.07) is 6.90. The second-order valence-electron chi connectivity index (χ2n) is 5.41. The monoisotopic (exact) mass is 410 g/mol. The van der Waals surface area contributed by atoms with Gasteiger partial charge in [-0.05, 0) is 49.4 Å². The van der Waals surface area contributed by atoms with Gasteiger partial charge in [-0.15, -0.1) is 0 Å². The van der Waals surface area contributed by atoms with E-state index in [2.05, 4.69) is 0 Å². The second kappa shape index (κ2) is 7.71. The first-order valence-electron chi connectivity index (χ1n) is 7.33. The number of ether oxygens (including phenoxy) is 1. The van der Waals surface area contributed by atoms with Gasteiger partial charge in [0.15, 0.2) is 6.10 Å². The van der Waals surface area contributed by atoms with Crippen molar-refractivity contribution in [3.8, 4) is 5.75 Å². The van der Waals surface area contributed by atoms with Gasteiger partial charge in [0.1, 0.15) is 5.75 Å². The molecule has 0 saturated heterocycles. The van der Waals surface area contributed by atoms with Crippen molar-refractivity contribution in [3.05, 3.63) is 53.6 Å². The smallest absolute Gasteiger partial charge is 0.416 e. The van der Waals surface area contributed by atoms with Gasteiger partial charge in [-0.2, -0.15) is 26.3 Å². The Bertz CT molecular complexity index is 783. The van der Waals surface area contributed by atoms with Crippen molar-refractivity contribution in [3.63, 3.8) is 0 Å². The summed E-state index contributed by atoms with van der Waals surface area (Å²) < 4.78 is 82.3. The van der Waals surface area contributed by atoms with Crippen molar-refractivity contribution in [2.24, 2.45) is 0 Å². The molecule has 0 aliphatic carbocycles. The van der Waals surface area contributed by atoms with Crippen LogP contribution in [0.25, 0.3) is 0 Å². The molecule has 1 atom stereocenters. The van der Waals surface area contributed by atoms with Crippen molar-refractivity contribution in [2.45, 2.75) is 35.2 Å². The van der Waals surface area contributed by atoms with Gasteiger partial charge in [-0.3, -0.25) is 0 Å². The van der Waals surface area contributed by atoms with Crippen molar-refractivity contribution in [2.75, 3.05) is 0 Å². The van der Waals surface area contributed by atoms with Crippen LogP contribution in [-0.2, 0) is 17.1 Å². The third-order valence-corrected chi connectivity index (χ3v) is 4.26. The molecule has 3 nitrogen and oxygen atoms in total. The largest absolute Gasteiger partial charge is 0.479 e. The van der Waals surface area contributed by atoms with Crippen LogP contribution in [0.1, 0.15) is 18.1 Å². The highest BCUT2D eigenvalue weighted by atomic mass is 32.2. The molecule has 2 aromatic rings. The molecule has 27 heavy (non-hydrogen) atoms. The molecule has 0 aliphatic heterocycles. The second-order valence-corrected chi connectivity index (χ2v) is 6.56. The predicted molar refractivity (Wildman–Crippen MR) is 84.7 cm³/mol. The Morgan fingerprint density at radius 2 is 1.41 bits per heavy atom. The van der Waals surface area contributed by atoms with E-state index in [-0.39, 0.29) is 16.7 Å². The summed E-state index contributed by atoms with van der Waals surface area (Å²) in [7, 11) is 0. The third kappa shape index (κ3) is 5.81. The number of carbonyl (C=O) groups is 1. The average molecular weight is 410 g/mol. The lowest BCUT2D eigenvalue weighted by Gasteiger charge is -2.14. The predicted octanol–water partition coefficient (Wildman–Crippen LogP) is 5.73. The van der Waals surface area contributed by atoms with Gasteiger partial charge < -0.3 is 9.84 Å². The molecule has 1 N–H and O–H groups in total. The van der Waals surface area contributed by atoms with Gasteiger partial charge in [-0.1, -0.05) is 11.8 Å². The SMILES string of the molecule is C[C@@H](Oc1ccc(Sc2cc(C(F)(F)F)cc(C(F)(F)F)c2)cc1)C(=O)O. The molecule has 0 saturated carbocycles. The summed E-state index contributed by atoms with van der Waals surface area (Å²) in [4.78, 5) is 10.9. The summed E-state index contributed by atoms with van der Waals surface area (Å²) in [5.74, 6) is -0.980. The highest BCUT2D eigenvalue weighted by Gasteiger charge is 2.37. The van der Waals surface area contributed by atoms with Crippen molar-refractivity contribution in [1.29, 1.82) is 0 Å². The Hall–Kier alpha value is -2.36. The van der Waals surface area contributed by atoms with E-state index in [0.717, 1.165) is 0 Å². The van der Waals surface area contributed by atoms with Crippen molar-refractivity contribution < 1.29 is 41.0 Å². The Labute approximate surface area is 153 Å². The normalized spacial score (nSPS) is 13.3. The number of hydrogen-bond donors (Lipinski definition) is 1. The van der Waals surface area contributed by atoms with E-state index < -0.39 is 35.6 Å². The summed E-state index contributed by atoms with van der Waals surface area (Å²) in [6.45, 7) is 1.31. The number of benzene rings is 2. The van der Waals surface area contributed by atoms with Crippen molar-refractivity contribution >= 4 is 17.7 Å². The van der Waals surface area contributed by atoms with Gasteiger partial charge in [0.05, 0.1) is 11.1 Å². The number of rotatable bonds is 5. The zero-order valence-electron chi connectivity index (χ0n) is 13.6. The molecule has 0 spiro atoms. The Kier molecular flexibility index (Phi) is 5.98. The number of alkyl halides is 6. The van der Waals surface area contributed by atoms with Crippen LogP contribution in [-0.4, -0.2) is 17.2 Å². The van der Waals surface area contributed by atoms with Crippen LogP contribution in [0.5, 0.6) is 5.75 Å². The highest BCUT2D eigenvalue weighted by molar-refractivity contribution is 7.99. The summed E-state index contributed by atoms with van der Waals surface area (Å²) in [5.41, 5.74) is -2.79. The van der Waals surface area contributed by atoms with E-state index in [0.29, 0.717) is 28.8 Å². The molecular formula is C17H12F6O3S. The minimum absolute atomic E-state index is 0.0638. The van der Waals surface area contributed by atoms with E-state index in [4.69, 9.17) is 9.84 Å². The van der Waals surface area contributed by atoms with E-state index in [1.165, 1.54) is 31.2 Å². The fourth-order valence-corrected chi connectivity index (χ4v) is 2.88. The number of carboxylic acids is 1. The molecule has 0 bridgehead atoms. The fraction of sp³-hybridized carbons (Fsp3) is 0.235. The van der Waals surface area contributed by atoms with Crippen LogP contribution >= 0.6 is 11.8 Å². The number of carboxylic acid groups (broad SMARTS) is 1. The number of hydrogen-bond acceptors (Lipinski definition) is 3. The lowest BCUT2D eigenvalue weighted by atomic mass is 10.1. The topological polar surface area (TPSA) is 46.5 Å². The zero-order chi connectivity index (χ0) is 20.4. The van der Waals surface area contributed by atoms with Gasteiger partial charge in [0.25, 0.3) is 0 Å². The third-order valence-electron chi connectivity index (χ3n) is 3.28. The van der Waals surface area contributed by atoms with Crippen LogP contribution in [0, 0.1) is 0 Å². The summed E-state index contributed by atoms with van der Waals surface area (Å²) >= 11 is 0.710. The maximum atomic E-state index is 12.9. The van der Waals surface area contributed by atoms with Gasteiger partial charge >= 0.3 is 18.3 Å². The molecule has 146 valence electrons. The minimum atomic E-state index is -4.92. The maximum absolute atomic E-state index is 12.9. The first kappa shape index (κ1) is 20.9. The first-order valence-corrected chi connectivity index (χ1v) is 8.15. The van der Waals surface area contributed by atoms with E-state index in [9.17, 15) is 31.1 Å². The van der Waals surface area contributed by atoms with E-state index in [1.807, 2.05) is 0 Å².